The molecule has 0 saturated heterocycles. The average molecular weight is 395 g/mol. The molecule has 28 heavy (non-hydrogen) atoms. The largest absolute Gasteiger partial charge is 0.493 e. The first-order valence-corrected chi connectivity index (χ1v) is 9.46. The second kappa shape index (κ2) is 7.77. The SMILES string of the molecule is COc1ccc(C(=O)CSc2nnc(-c3c[nH]c4ccccc34)o2)cc1OC. The summed E-state index contributed by atoms with van der Waals surface area (Å²) in [6, 6.07) is 12.9. The number of H-pyrrole nitrogens is 1. The number of ether oxygens (including phenoxy) is 2. The van der Waals surface area contributed by atoms with Crippen molar-refractivity contribution in [2.45, 2.75) is 5.22 Å². The quantitative estimate of drug-likeness (QED) is 0.370. The van der Waals surface area contributed by atoms with Crippen molar-refractivity contribution in [1.82, 2.24) is 15.2 Å². The van der Waals surface area contributed by atoms with Gasteiger partial charge in [-0.3, -0.25) is 4.79 Å². The molecule has 0 bridgehead atoms. The molecule has 0 aliphatic carbocycles. The van der Waals surface area contributed by atoms with E-state index in [-0.39, 0.29) is 11.5 Å². The van der Waals surface area contributed by atoms with Crippen molar-refractivity contribution in [1.29, 1.82) is 0 Å². The Balaban J connectivity index is 1.47. The number of fused-ring (bicyclic) bond motifs is 1. The third-order valence-corrected chi connectivity index (χ3v) is 5.08. The predicted molar refractivity (Wildman–Crippen MR) is 106 cm³/mol. The standard InChI is InChI=1S/C20H17N3O4S/c1-25-17-8-7-12(9-18(17)26-2)16(24)11-28-20-23-22-19(27-20)14-10-21-15-6-4-3-5-13(14)15/h3-10,21H,11H2,1-2H3. The number of para-hydroxylation sites is 1. The molecule has 0 fully saturated rings. The number of benzene rings is 2. The third kappa shape index (κ3) is 3.46. The van der Waals surface area contributed by atoms with E-state index in [1.54, 1.807) is 25.3 Å². The van der Waals surface area contributed by atoms with Gasteiger partial charge in [0.2, 0.25) is 0 Å². The van der Waals surface area contributed by atoms with E-state index in [9.17, 15) is 4.79 Å². The van der Waals surface area contributed by atoms with Crippen LogP contribution in [0.5, 0.6) is 11.5 Å². The van der Waals surface area contributed by atoms with Crippen LogP contribution in [-0.4, -0.2) is 40.9 Å². The van der Waals surface area contributed by atoms with Crippen LogP contribution >= 0.6 is 11.8 Å². The zero-order valence-corrected chi connectivity index (χ0v) is 16.1. The number of methoxy groups -OCH3 is 2. The number of aromatic amines is 1. The molecule has 0 saturated carbocycles. The van der Waals surface area contributed by atoms with Crippen LogP contribution in [0.3, 0.4) is 0 Å². The summed E-state index contributed by atoms with van der Waals surface area (Å²) in [5, 5.41) is 9.49. The Labute approximate surface area is 165 Å². The van der Waals surface area contributed by atoms with Gasteiger partial charge in [0, 0.05) is 22.7 Å². The Kier molecular flexibility index (Phi) is 5.03. The van der Waals surface area contributed by atoms with Crippen molar-refractivity contribution < 1.29 is 18.7 Å². The zero-order chi connectivity index (χ0) is 19.5. The summed E-state index contributed by atoms with van der Waals surface area (Å²) in [4.78, 5) is 15.7. The van der Waals surface area contributed by atoms with Crippen molar-refractivity contribution >= 4 is 28.4 Å². The molecule has 2 aromatic carbocycles. The fraction of sp³-hybridized carbons (Fsp3) is 0.150. The van der Waals surface area contributed by atoms with E-state index in [1.165, 1.54) is 18.9 Å². The highest BCUT2D eigenvalue weighted by Gasteiger charge is 2.16. The van der Waals surface area contributed by atoms with Crippen LogP contribution in [0, 0.1) is 0 Å². The number of thioether (sulfide) groups is 1. The number of Topliss-reactive ketones (excluding diaryl/α,β-unsaturated/α-hetero) is 1. The van der Waals surface area contributed by atoms with Crippen molar-refractivity contribution in [3.05, 3.63) is 54.2 Å². The molecule has 0 amide bonds. The van der Waals surface area contributed by atoms with Gasteiger partial charge in [0.05, 0.1) is 25.5 Å². The first-order chi connectivity index (χ1) is 13.7. The molecule has 0 aliphatic heterocycles. The second-order valence-corrected chi connectivity index (χ2v) is 6.83. The zero-order valence-electron chi connectivity index (χ0n) is 15.3. The lowest BCUT2D eigenvalue weighted by Crippen LogP contribution is -2.03. The topological polar surface area (TPSA) is 90.2 Å². The summed E-state index contributed by atoms with van der Waals surface area (Å²) in [7, 11) is 3.08. The summed E-state index contributed by atoms with van der Waals surface area (Å²) in [6.07, 6.45) is 1.83. The Hall–Kier alpha value is -3.26. The molecule has 0 unspecified atom stereocenters. The number of aromatic nitrogens is 3. The number of nitrogens with one attached hydrogen (secondary N) is 1. The first-order valence-electron chi connectivity index (χ1n) is 8.47. The highest BCUT2D eigenvalue weighted by atomic mass is 32.2. The maximum atomic E-state index is 12.5. The van der Waals surface area contributed by atoms with Gasteiger partial charge in [0.25, 0.3) is 11.1 Å². The Morgan fingerprint density at radius 3 is 2.75 bits per heavy atom. The van der Waals surface area contributed by atoms with E-state index >= 15 is 0 Å². The monoisotopic (exact) mass is 395 g/mol. The highest BCUT2D eigenvalue weighted by molar-refractivity contribution is 7.99. The van der Waals surface area contributed by atoms with Gasteiger partial charge in [0.15, 0.2) is 17.3 Å². The van der Waals surface area contributed by atoms with Gasteiger partial charge in [0.1, 0.15) is 0 Å². The molecule has 4 aromatic rings. The maximum absolute atomic E-state index is 12.5. The molecule has 7 nitrogen and oxygen atoms in total. The van der Waals surface area contributed by atoms with Gasteiger partial charge in [-0.15, -0.1) is 10.2 Å². The van der Waals surface area contributed by atoms with Gasteiger partial charge in [-0.2, -0.15) is 0 Å². The number of nitrogens with zero attached hydrogens (tertiary/aromatic N) is 2. The molecular weight excluding hydrogens is 378 g/mol. The summed E-state index contributed by atoms with van der Waals surface area (Å²) >= 11 is 1.20. The average Bonchev–Trinajstić information content (AvgIpc) is 3.38. The van der Waals surface area contributed by atoms with E-state index in [4.69, 9.17) is 13.9 Å². The number of hydrogen-bond donors (Lipinski definition) is 1. The van der Waals surface area contributed by atoms with Crippen molar-refractivity contribution in [2.24, 2.45) is 0 Å². The molecular formula is C20H17N3O4S. The minimum absolute atomic E-state index is 0.0715. The molecule has 1 N–H and O–H groups in total. The minimum Gasteiger partial charge on any atom is -0.493 e. The fourth-order valence-corrected chi connectivity index (χ4v) is 3.50. The number of carbonyl (C=O) groups is 1. The second-order valence-electron chi connectivity index (χ2n) is 5.90. The first kappa shape index (κ1) is 18.1. The van der Waals surface area contributed by atoms with Gasteiger partial charge in [-0.1, -0.05) is 30.0 Å². The summed E-state index contributed by atoms with van der Waals surface area (Å²) in [5.41, 5.74) is 2.36. The molecule has 2 heterocycles. The van der Waals surface area contributed by atoms with E-state index in [0.717, 1.165) is 16.5 Å². The predicted octanol–water partition coefficient (Wildman–Crippen LogP) is 4.21. The van der Waals surface area contributed by atoms with Gasteiger partial charge < -0.3 is 18.9 Å². The van der Waals surface area contributed by atoms with E-state index in [2.05, 4.69) is 15.2 Å². The van der Waals surface area contributed by atoms with Crippen molar-refractivity contribution in [3.63, 3.8) is 0 Å². The molecule has 0 aliphatic rings. The summed E-state index contributed by atoms with van der Waals surface area (Å²) in [5.74, 6) is 1.60. The number of carbonyl (C=O) groups excluding carboxylic acids is 1. The Morgan fingerprint density at radius 2 is 1.93 bits per heavy atom. The summed E-state index contributed by atoms with van der Waals surface area (Å²) in [6.45, 7) is 0. The number of ketones is 1. The van der Waals surface area contributed by atoms with Crippen LogP contribution in [0.1, 0.15) is 10.4 Å². The number of hydrogen-bond acceptors (Lipinski definition) is 7. The highest BCUT2D eigenvalue weighted by Crippen LogP contribution is 2.31. The summed E-state index contributed by atoms with van der Waals surface area (Å²) < 4.78 is 16.2. The van der Waals surface area contributed by atoms with Gasteiger partial charge >= 0.3 is 0 Å². The van der Waals surface area contributed by atoms with Crippen LogP contribution in [-0.2, 0) is 0 Å². The van der Waals surface area contributed by atoms with Crippen LogP contribution < -0.4 is 9.47 Å². The van der Waals surface area contributed by atoms with Crippen LogP contribution in [0.15, 0.2) is 58.3 Å². The lowest BCUT2D eigenvalue weighted by atomic mass is 10.1. The van der Waals surface area contributed by atoms with E-state index < -0.39 is 0 Å². The van der Waals surface area contributed by atoms with E-state index in [1.807, 2.05) is 30.5 Å². The lowest BCUT2D eigenvalue weighted by Gasteiger charge is -2.08. The molecule has 4 rings (SSSR count). The Bertz CT molecular complexity index is 1140. The smallest absolute Gasteiger partial charge is 0.277 e. The van der Waals surface area contributed by atoms with Crippen LogP contribution in [0.4, 0.5) is 0 Å². The van der Waals surface area contributed by atoms with Gasteiger partial charge in [-0.25, -0.2) is 0 Å². The van der Waals surface area contributed by atoms with Gasteiger partial charge in [-0.05, 0) is 24.3 Å². The number of rotatable bonds is 7. The van der Waals surface area contributed by atoms with Crippen molar-refractivity contribution in [3.8, 4) is 23.0 Å². The molecule has 0 spiro atoms. The molecule has 0 atom stereocenters. The fourth-order valence-electron chi connectivity index (χ4n) is 2.85. The normalized spacial score (nSPS) is 10.9. The molecule has 142 valence electrons. The van der Waals surface area contributed by atoms with Crippen LogP contribution in [0.2, 0.25) is 0 Å². The van der Waals surface area contributed by atoms with E-state index in [0.29, 0.717) is 28.2 Å². The minimum atomic E-state index is -0.0715. The van der Waals surface area contributed by atoms with Crippen molar-refractivity contribution in [2.75, 3.05) is 20.0 Å². The molecule has 2 aromatic heterocycles. The third-order valence-electron chi connectivity index (χ3n) is 4.26. The molecule has 0 radical (unpaired) electrons. The van der Waals surface area contributed by atoms with Crippen LogP contribution in [0.25, 0.3) is 22.4 Å². The maximum Gasteiger partial charge on any atom is 0.277 e. The lowest BCUT2D eigenvalue weighted by molar-refractivity contribution is 0.102. The molecule has 8 heteroatoms. The Morgan fingerprint density at radius 1 is 1.11 bits per heavy atom.